The van der Waals surface area contributed by atoms with E-state index in [1.807, 2.05) is 31.2 Å². The zero-order valence-corrected chi connectivity index (χ0v) is 17.2. The Kier molecular flexibility index (Phi) is 6.17. The molecule has 0 saturated carbocycles. The van der Waals surface area contributed by atoms with Crippen LogP contribution in [0.25, 0.3) is 0 Å². The molecule has 3 rings (SSSR count). The van der Waals surface area contributed by atoms with Gasteiger partial charge in [-0.3, -0.25) is 4.79 Å². The number of morpholine rings is 1. The first-order chi connectivity index (χ1) is 13.3. The molecule has 6 nitrogen and oxygen atoms in total. The highest BCUT2D eigenvalue weighted by Gasteiger charge is 2.31. The second-order valence-corrected chi connectivity index (χ2v) is 9.24. The van der Waals surface area contributed by atoms with Gasteiger partial charge in [-0.05, 0) is 36.8 Å². The number of rotatable bonds is 5. The lowest BCUT2D eigenvalue weighted by Gasteiger charge is -2.32. The number of amides is 1. The third-order valence-corrected chi connectivity index (χ3v) is 6.64. The van der Waals surface area contributed by atoms with Crippen LogP contribution in [0.5, 0.6) is 0 Å². The third-order valence-electron chi connectivity index (χ3n) is 4.76. The minimum Gasteiger partial charge on any atom is -0.371 e. The van der Waals surface area contributed by atoms with Crippen molar-refractivity contribution in [2.45, 2.75) is 31.8 Å². The molecule has 0 radical (unpaired) electrons. The van der Waals surface area contributed by atoms with Gasteiger partial charge in [-0.15, -0.1) is 0 Å². The molecule has 0 aromatic heterocycles. The molecular weight excluding hydrogens is 376 g/mol. The smallest absolute Gasteiger partial charge is 0.243 e. The Morgan fingerprint density at radius 3 is 2.36 bits per heavy atom. The maximum absolute atomic E-state index is 13.0. The number of carbonyl (C=O) groups excluding carboxylic acids is 1. The van der Waals surface area contributed by atoms with Gasteiger partial charge in [-0.2, -0.15) is 4.31 Å². The molecule has 1 aliphatic heterocycles. The molecule has 1 unspecified atom stereocenters. The van der Waals surface area contributed by atoms with Crippen LogP contribution in [0.15, 0.2) is 53.4 Å². The van der Waals surface area contributed by atoms with Crippen molar-refractivity contribution in [3.05, 3.63) is 59.7 Å². The van der Waals surface area contributed by atoms with Gasteiger partial charge in [-0.1, -0.05) is 43.7 Å². The largest absolute Gasteiger partial charge is 0.371 e. The number of carbonyl (C=O) groups is 1. The Morgan fingerprint density at radius 2 is 1.75 bits per heavy atom. The predicted molar refractivity (Wildman–Crippen MR) is 109 cm³/mol. The fraction of sp³-hybridized carbons (Fsp3) is 0.381. The minimum absolute atomic E-state index is 0.107. The summed E-state index contributed by atoms with van der Waals surface area (Å²) in [6.45, 7) is 6.55. The first-order valence-electron chi connectivity index (χ1n) is 9.36. The number of aryl methyl sites for hydroxylation is 1. The maximum atomic E-state index is 13.0. The van der Waals surface area contributed by atoms with Crippen molar-refractivity contribution in [3.63, 3.8) is 0 Å². The topological polar surface area (TPSA) is 75.7 Å². The minimum atomic E-state index is -3.63. The van der Waals surface area contributed by atoms with Gasteiger partial charge in [0.05, 0.1) is 17.6 Å². The van der Waals surface area contributed by atoms with E-state index in [0.717, 1.165) is 11.1 Å². The molecule has 1 heterocycles. The number of hydrogen-bond donors (Lipinski definition) is 1. The Morgan fingerprint density at radius 1 is 1.11 bits per heavy atom. The average molecular weight is 403 g/mol. The van der Waals surface area contributed by atoms with Crippen LogP contribution in [0.2, 0.25) is 0 Å². The van der Waals surface area contributed by atoms with Crippen LogP contribution < -0.4 is 5.32 Å². The summed E-state index contributed by atoms with van der Waals surface area (Å²) in [4.78, 5) is 12.0. The maximum Gasteiger partial charge on any atom is 0.243 e. The third kappa shape index (κ3) is 4.60. The van der Waals surface area contributed by atoms with Gasteiger partial charge in [0, 0.05) is 24.7 Å². The molecule has 1 amide bonds. The molecule has 1 saturated heterocycles. The highest BCUT2D eigenvalue weighted by Crippen LogP contribution is 2.27. The Bertz CT molecular complexity index is 922. The van der Waals surface area contributed by atoms with Gasteiger partial charge in [0.1, 0.15) is 0 Å². The first kappa shape index (κ1) is 20.5. The van der Waals surface area contributed by atoms with Crippen molar-refractivity contribution >= 4 is 21.6 Å². The number of sulfonamides is 1. The monoisotopic (exact) mass is 402 g/mol. The van der Waals surface area contributed by atoms with E-state index in [-0.39, 0.29) is 29.4 Å². The van der Waals surface area contributed by atoms with E-state index in [0.29, 0.717) is 18.8 Å². The molecule has 1 atom stereocenters. The van der Waals surface area contributed by atoms with E-state index in [1.54, 1.807) is 26.0 Å². The van der Waals surface area contributed by atoms with Gasteiger partial charge < -0.3 is 10.1 Å². The number of nitrogens with one attached hydrogen (secondary N) is 1. The van der Waals surface area contributed by atoms with Crippen LogP contribution in [0.1, 0.15) is 31.1 Å². The second kappa shape index (κ2) is 8.43. The molecule has 28 heavy (non-hydrogen) atoms. The van der Waals surface area contributed by atoms with E-state index in [2.05, 4.69) is 5.32 Å². The van der Waals surface area contributed by atoms with Gasteiger partial charge in [0.2, 0.25) is 15.9 Å². The number of benzene rings is 2. The molecule has 2 aromatic carbocycles. The summed E-state index contributed by atoms with van der Waals surface area (Å²) in [7, 11) is -3.63. The Hall–Kier alpha value is -2.22. The van der Waals surface area contributed by atoms with Gasteiger partial charge >= 0.3 is 0 Å². The van der Waals surface area contributed by atoms with Crippen LogP contribution in [0, 0.1) is 12.8 Å². The Labute approximate surface area is 166 Å². The second-order valence-electron chi connectivity index (χ2n) is 7.30. The molecule has 0 aliphatic carbocycles. The summed E-state index contributed by atoms with van der Waals surface area (Å²) in [5.41, 5.74) is 2.70. The van der Waals surface area contributed by atoms with Gasteiger partial charge in [0.25, 0.3) is 0 Å². The fourth-order valence-electron chi connectivity index (χ4n) is 2.97. The zero-order valence-electron chi connectivity index (χ0n) is 16.4. The number of ether oxygens (including phenoxy) is 1. The molecule has 150 valence electrons. The van der Waals surface area contributed by atoms with Gasteiger partial charge in [0.15, 0.2) is 0 Å². The number of hydrogen-bond acceptors (Lipinski definition) is 4. The van der Waals surface area contributed by atoms with Crippen LogP contribution in [-0.2, 0) is 19.6 Å². The molecule has 1 aliphatic rings. The lowest BCUT2D eigenvalue weighted by atomic mass is 10.1. The SMILES string of the molecule is Cc1ccc(C2CN(S(=O)(=O)c3ccc(NC(=O)C(C)C)cc3)CCO2)cc1. The Balaban J connectivity index is 1.74. The van der Waals surface area contributed by atoms with E-state index in [1.165, 1.54) is 16.4 Å². The summed E-state index contributed by atoms with van der Waals surface area (Å²) in [6.07, 6.45) is -0.284. The van der Waals surface area contributed by atoms with Crippen molar-refractivity contribution in [2.75, 3.05) is 25.0 Å². The van der Waals surface area contributed by atoms with Crippen LogP contribution in [0.4, 0.5) is 5.69 Å². The quantitative estimate of drug-likeness (QED) is 0.832. The molecule has 1 N–H and O–H groups in total. The van der Waals surface area contributed by atoms with E-state index in [4.69, 9.17) is 4.74 Å². The van der Waals surface area contributed by atoms with Crippen LogP contribution >= 0.6 is 0 Å². The lowest BCUT2D eigenvalue weighted by molar-refractivity contribution is -0.118. The van der Waals surface area contributed by atoms with Crippen molar-refractivity contribution in [2.24, 2.45) is 5.92 Å². The molecule has 2 aromatic rings. The fourth-order valence-corrected chi connectivity index (χ4v) is 4.40. The van der Waals surface area contributed by atoms with Gasteiger partial charge in [-0.25, -0.2) is 8.42 Å². The molecule has 0 spiro atoms. The molecule has 0 bridgehead atoms. The van der Waals surface area contributed by atoms with Crippen molar-refractivity contribution in [1.29, 1.82) is 0 Å². The van der Waals surface area contributed by atoms with Crippen molar-refractivity contribution < 1.29 is 17.9 Å². The van der Waals surface area contributed by atoms with E-state index >= 15 is 0 Å². The zero-order chi connectivity index (χ0) is 20.3. The summed E-state index contributed by atoms with van der Waals surface area (Å²) >= 11 is 0. The van der Waals surface area contributed by atoms with E-state index in [9.17, 15) is 13.2 Å². The summed E-state index contributed by atoms with van der Waals surface area (Å²) < 4.78 is 33.3. The molecule has 1 fully saturated rings. The van der Waals surface area contributed by atoms with Crippen LogP contribution in [0.3, 0.4) is 0 Å². The lowest BCUT2D eigenvalue weighted by Crippen LogP contribution is -2.42. The van der Waals surface area contributed by atoms with Crippen molar-refractivity contribution in [3.8, 4) is 0 Å². The summed E-state index contributed by atoms with van der Waals surface area (Å²) in [5.74, 6) is -0.250. The van der Waals surface area contributed by atoms with E-state index < -0.39 is 10.0 Å². The summed E-state index contributed by atoms with van der Waals surface area (Å²) in [6, 6.07) is 14.2. The average Bonchev–Trinajstić information content (AvgIpc) is 2.69. The molecule has 7 heteroatoms. The van der Waals surface area contributed by atoms with Crippen molar-refractivity contribution in [1.82, 2.24) is 4.31 Å². The highest BCUT2D eigenvalue weighted by molar-refractivity contribution is 7.89. The highest BCUT2D eigenvalue weighted by atomic mass is 32.2. The van der Waals surface area contributed by atoms with Crippen LogP contribution in [-0.4, -0.2) is 38.3 Å². The normalized spacial score (nSPS) is 18.2. The number of nitrogens with zero attached hydrogens (tertiary/aromatic N) is 1. The predicted octanol–water partition coefficient (Wildman–Crippen LogP) is 3.35. The number of anilines is 1. The first-order valence-corrected chi connectivity index (χ1v) is 10.8. The molecular formula is C21H26N2O4S. The standard InChI is InChI=1S/C21H26N2O4S/c1-15(2)21(24)22-18-8-10-19(11-9-18)28(25,26)23-12-13-27-20(14-23)17-6-4-16(3)5-7-17/h4-11,15,20H,12-14H2,1-3H3,(H,22,24). The summed E-state index contributed by atoms with van der Waals surface area (Å²) in [5, 5.41) is 2.77.